The highest BCUT2D eigenvalue weighted by atomic mass is 79.9. The van der Waals surface area contributed by atoms with Gasteiger partial charge in [0.05, 0.1) is 0 Å². The fourth-order valence-corrected chi connectivity index (χ4v) is 3.81. The Morgan fingerprint density at radius 3 is 2.12 bits per heavy atom. The quantitative estimate of drug-likeness (QED) is 0.588. The lowest BCUT2D eigenvalue weighted by Crippen LogP contribution is -1.96. The van der Waals surface area contributed by atoms with Crippen LogP contribution in [0.15, 0.2) is 30.3 Å². The van der Waals surface area contributed by atoms with E-state index >= 15 is 0 Å². The predicted molar refractivity (Wildman–Crippen MR) is 81.8 cm³/mol. The number of benzene rings is 2. The van der Waals surface area contributed by atoms with Crippen molar-refractivity contribution in [1.29, 1.82) is 0 Å². The van der Waals surface area contributed by atoms with Gasteiger partial charge in [-0.2, -0.15) is 0 Å². The van der Waals surface area contributed by atoms with Gasteiger partial charge in [0.2, 0.25) is 0 Å². The average molecular weight is 407 g/mol. The summed E-state index contributed by atoms with van der Waals surface area (Å²) in [6.07, 6.45) is 0. The average Bonchev–Trinajstić information content (AvgIpc) is 2.36. The van der Waals surface area contributed by atoms with Crippen molar-refractivity contribution in [2.75, 3.05) is 0 Å². The van der Waals surface area contributed by atoms with Crippen LogP contribution in [0.1, 0.15) is 16.7 Å². The van der Waals surface area contributed by atoms with Crippen LogP contribution >= 0.6 is 47.8 Å². The van der Waals surface area contributed by atoms with Crippen molar-refractivity contribution < 1.29 is 0 Å². The number of rotatable bonds is 3. The number of hydrogen-bond donors (Lipinski definition) is 0. The van der Waals surface area contributed by atoms with Crippen LogP contribution in [0.25, 0.3) is 10.8 Å². The topological polar surface area (TPSA) is 0 Å². The first-order valence-electron chi connectivity index (χ1n) is 5.02. The molecule has 0 saturated carbocycles. The molecule has 0 atom stereocenters. The van der Waals surface area contributed by atoms with Gasteiger partial charge in [0, 0.05) is 16.0 Å². The Morgan fingerprint density at radius 2 is 1.50 bits per heavy atom. The Balaban J connectivity index is 2.82. The van der Waals surface area contributed by atoms with Gasteiger partial charge >= 0.3 is 0 Å². The summed E-state index contributed by atoms with van der Waals surface area (Å²) in [5, 5.41) is 5.36. The second-order valence-corrected chi connectivity index (χ2v) is 5.30. The second kappa shape index (κ2) is 5.65. The van der Waals surface area contributed by atoms with Gasteiger partial charge in [-0.25, -0.2) is 0 Å². The van der Waals surface area contributed by atoms with Gasteiger partial charge in [-0.1, -0.05) is 72.1 Å². The Morgan fingerprint density at radius 1 is 0.812 bits per heavy atom. The van der Waals surface area contributed by atoms with Crippen LogP contribution < -0.4 is 0 Å². The third-order valence-electron chi connectivity index (χ3n) is 2.78. The Kier molecular flexibility index (Phi) is 4.45. The predicted octanol–water partition coefficient (Wildman–Crippen LogP) is 5.52. The minimum atomic E-state index is 0.898. The van der Waals surface area contributed by atoms with Crippen molar-refractivity contribution >= 4 is 58.6 Å². The molecule has 0 heterocycles. The molecule has 0 aliphatic rings. The Hall–Kier alpha value is 0.140. The van der Waals surface area contributed by atoms with Crippen LogP contribution in [0.3, 0.4) is 0 Å². The smallest absolute Gasteiger partial charge is 0.0292 e. The number of fused-ring (bicyclic) bond motifs is 1. The zero-order chi connectivity index (χ0) is 11.5. The molecule has 84 valence electrons. The van der Waals surface area contributed by atoms with E-state index < -0.39 is 0 Å². The third kappa shape index (κ3) is 2.22. The maximum absolute atomic E-state index is 3.60. The van der Waals surface area contributed by atoms with E-state index in [9.17, 15) is 0 Å². The van der Waals surface area contributed by atoms with E-state index in [1.165, 1.54) is 27.5 Å². The third-order valence-corrected chi connectivity index (χ3v) is 4.50. The van der Waals surface area contributed by atoms with Gasteiger partial charge < -0.3 is 0 Å². The number of halogens is 3. The summed E-state index contributed by atoms with van der Waals surface area (Å²) in [6.45, 7) is 0. The zero-order valence-corrected chi connectivity index (χ0v) is 13.4. The van der Waals surface area contributed by atoms with E-state index in [1.54, 1.807) is 0 Å². The maximum atomic E-state index is 3.60. The van der Waals surface area contributed by atoms with Crippen LogP contribution in [0.4, 0.5) is 0 Å². The van der Waals surface area contributed by atoms with Gasteiger partial charge in [0.25, 0.3) is 0 Å². The lowest BCUT2D eigenvalue weighted by atomic mass is 9.97. The lowest BCUT2D eigenvalue weighted by Gasteiger charge is -2.13. The highest BCUT2D eigenvalue weighted by Gasteiger charge is 2.10. The van der Waals surface area contributed by atoms with Crippen molar-refractivity contribution in [3.05, 3.63) is 47.0 Å². The molecule has 0 amide bonds. The molecule has 2 rings (SSSR count). The summed E-state index contributed by atoms with van der Waals surface area (Å²) >= 11 is 10.7. The highest BCUT2D eigenvalue weighted by Crippen LogP contribution is 2.30. The van der Waals surface area contributed by atoms with E-state index in [1.807, 2.05) is 0 Å². The molecule has 2 aromatic rings. The van der Waals surface area contributed by atoms with Crippen molar-refractivity contribution in [2.24, 2.45) is 0 Å². The van der Waals surface area contributed by atoms with Gasteiger partial charge in [-0.05, 0) is 33.5 Å². The molecule has 16 heavy (non-hydrogen) atoms. The monoisotopic (exact) mass is 404 g/mol. The van der Waals surface area contributed by atoms with Crippen molar-refractivity contribution in [2.45, 2.75) is 16.0 Å². The van der Waals surface area contributed by atoms with Crippen LogP contribution in [0.5, 0.6) is 0 Å². The Labute approximate surface area is 121 Å². The van der Waals surface area contributed by atoms with Crippen molar-refractivity contribution in [1.82, 2.24) is 0 Å². The largest absolute Gasteiger partial charge is 0.0876 e. The molecule has 0 aromatic heterocycles. The van der Waals surface area contributed by atoms with Gasteiger partial charge in [-0.15, -0.1) is 0 Å². The van der Waals surface area contributed by atoms with Crippen molar-refractivity contribution in [3.8, 4) is 0 Å². The molecular weight excluding hydrogens is 396 g/mol. The first-order valence-corrected chi connectivity index (χ1v) is 8.38. The SMILES string of the molecule is BrCc1cc2ccccc2c(CBr)c1CBr. The van der Waals surface area contributed by atoms with Gasteiger partial charge in [0.15, 0.2) is 0 Å². The molecule has 0 fully saturated rings. The molecule has 0 spiro atoms. The molecule has 0 nitrogen and oxygen atoms in total. The standard InChI is InChI=1S/C13H11Br3/c14-6-10-5-9-3-1-2-4-11(9)13(8-16)12(10)7-15/h1-5H,6-8H2. The molecule has 0 aliphatic carbocycles. The van der Waals surface area contributed by atoms with Crippen molar-refractivity contribution in [3.63, 3.8) is 0 Å². The summed E-state index contributed by atoms with van der Waals surface area (Å²) in [6, 6.07) is 10.8. The minimum absolute atomic E-state index is 0.898. The van der Waals surface area contributed by atoms with E-state index in [0.29, 0.717) is 0 Å². The summed E-state index contributed by atoms with van der Waals surface area (Å²) in [5.74, 6) is 0. The molecule has 0 saturated heterocycles. The van der Waals surface area contributed by atoms with E-state index in [-0.39, 0.29) is 0 Å². The molecule has 0 unspecified atom stereocenters. The number of hydrogen-bond acceptors (Lipinski definition) is 0. The molecular formula is C13H11Br3. The molecule has 3 heteroatoms. The summed E-state index contributed by atoms with van der Waals surface area (Å²) in [4.78, 5) is 0. The Bertz CT molecular complexity index is 506. The maximum Gasteiger partial charge on any atom is 0.0292 e. The summed E-state index contributed by atoms with van der Waals surface area (Å²) in [7, 11) is 0. The van der Waals surface area contributed by atoms with Crippen LogP contribution in [-0.4, -0.2) is 0 Å². The highest BCUT2D eigenvalue weighted by molar-refractivity contribution is 9.09. The second-order valence-electron chi connectivity index (χ2n) is 3.61. The number of alkyl halides is 3. The van der Waals surface area contributed by atoms with Crippen LogP contribution in [0, 0.1) is 0 Å². The van der Waals surface area contributed by atoms with Crippen LogP contribution in [-0.2, 0) is 16.0 Å². The van der Waals surface area contributed by atoms with E-state index in [4.69, 9.17) is 0 Å². The molecule has 0 radical (unpaired) electrons. The normalized spacial score (nSPS) is 10.9. The minimum Gasteiger partial charge on any atom is -0.0876 e. The molecule has 0 bridgehead atoms. The van der Waals surface area contributed by atoms with Crippen LogP contribution in [0.2, 0.25) is 0 Å². The fourth-order valence-electron chi connectivity index (χ4n) is 1.97. The summed E-state index contributed by atoms with van der Waals surface area (Å²) < 4.78 is 0. The van der Waals surface area contributed by atoms with Gasteiger partial charge in [-0.3, -0.25) is 0 Å². The van der Waals surface area contributed by atoms with E-state index in [0.717, 1.165) is 16.0 Å². The fraction of sp³-hybridized carbons (Fsp3) is 0.231. The molecule has 2 aromatic carbocycles. The van der Waals surface area contributed by atoms with E-state index in [2.05, 4.69) is 78.1 Å². The first-order chi connectivity index (χ1) is 7.81. The first kappa shape index (κ1) is 12.6. The zero-order valence-electron chi connectivity index (χ0n) is 8.64. The molecule has 0 aliphatic heterocycles. The summed E-state index contributed by atoms with van der Waals surface area (Å²) in [5.41, 5.74) is 4.15. The van der Waals surface area contributed by atoms with Gasteiger partial charge in [0.1, 0.15) is 0 Å². The molecule has 0 N–H and O–H groups in total. The lowest BCUT2D eigenvalue weighted by molar-refractivity contribution is 1.25.